The fourth-order valence-corrected chi connectivity index (χ4v) is 4.38. The molecule has 2 amide bonds. The Morgan fingerprint density at radius 3 is 2.38 bits per heavy atom. The summed E-state index contributed by atoms with van der Waals surface area (Å²) in [4.78, 5) is 29.1. The van der Waals surface area contributed by atoms with Gasteiger partial charge in [0.2, 0.25) is 5.91 Å². The van der Waals surface area contributed by atoms with E-state index in [0.29, 0.717) is 49.1 Å². The van der Waals surface area contributed by atoms with E-state index >= 15 is 0 Å². The van der Waals surface area contributed by atoms with Crippen molar-refractivity contribution < 1.29 is 18.7 Å². The first-order valence-corrected chi connectivity index (χ1v) is 11.5. The van der Waals surface area contributed by atoms with E-state index in [1.807, 2.05) is 24.3 Å². The van der Waals surface area contributed by atoms with Gasteiger partial charge in [-0.05, 0) is 35.4 Å². The highest BCUT2D eigenvalue weighted by atomic mass is 35.5. The van der Waals surface area contributed by atoms with Crippen LogP contribution in [-0.2, 0) is 29.1 Å². The van der Waals surface area contributed by atoms with E-state index in [1.165, 1.54) is 12.1 Å². The number of amides is 2. The highest BCUT2D eigenvalue weighted by Gasteiger charge is 2.32. The van der Waals surface area contributed by atoms with Gasteiger partial charge >= 0.3 is 0 Å². The Bertz CT molecular complexity index is 1190. The summed E-state index contributed by atoms with van der Waals surface area (Å²) in [6.45, 7) is 2.39. The van der Waals surface area contributed by atoms with Gasteiger partial charge in [0.1, 0.15) is 11.9 Å². The van der Waals surface area contributed by atoms with Crippen LogP contribution < -0.4 is 0 Å². The smallest absolute Gasteiger partial charge is 0.276 e. The summed E-state index contributed by atoms with van der Waals surface area (Å²) in [5.41, 5.74) is 2.70. The Labute approximate surface area is 200 Å². The molecule has 0 saturated carbocycles. The third kappa shape index (κ3) is 4.67. The van der Waals surface area contributed by atoms with Crippen molar-refractivity contribution in [3.63, 3.8) is 0 Å². The summed E-state index contributed by atoms with van der Waals surface area (Å²) in [5, 5.41) is 8.98. The summed E-state index contributed by atoms with van der Waals surface area (Å²) < 4.78 is 20.8. The molecule has 3 aromatic rings. The number of rotatable bonds is 4. The van der Waals surface area contributed by atoms with Gasteiger partial charge in [-0.25, -0.2) is 9.07 Å². The molecule has 0 bridgehead atoms. The molecule has 8 nitrogen and oxygen atoms in total. The van der Waals surface area contributed by atoms with Gasteiger partial charge in [-0.3, -0.25) is 9.59 Å². The molecule has 5 rings (SSSR count). The minimum atomic E-state index is -0.329. The second-order valence-corrected chi connectivity index (χ2v) is 8.83. The maximum absolute atomic E-state index is 13.1. The average Bonchev–Trinajstić information content (AvgIpc) is 3.29. The zero-order chi connectivity index (χ0) is 23.7. The molecule has 0 spiro atoms. The molecule has 1 fully saturated rings. The third-order valence-corrected chi connectivity index (χ3v) is 6.48. The van der Waals surface area contributed by atoms with Crippen LogP contribution in [0.3, 0.4) is 0 Å². The highest BCUT2D eigenvalue weighted by molar-refractivity contribution is 6.30. The van der Waals surface area contributed by atoms with E-state index in [-0.39, 0.29) is 36.8 Å². The van der Waals surface area contributed by atoms with Crippen LogP contribution in [0.5, 0.6) is 0 Å². The van der Waals surface area contributed by atoms with Crippen LogP contribution >= 0.6 is 11.6 Å². The number of aromatic nitrogens is 3. The molecule has 1 saturated heterocycles. The Kier molecular flexibility index (Phi) is 6.30. The van der Waals surface area contributed by atoms with E-state index in [9.17, 15) is 14.0 Å². The minimum absolute atomic E-state index is 0.0404. The number of halogens is 2. The number of carbonyl (C=O) groups is 2. The first-order valence-electron chi connectivity index (χ1n) is 11.1. The monoisotopic (exact) mass is 483 g/mol. The zero-order valence-electron chi connectivity index (χ0n) is 18.4. The van der Waals surface area contributed by atoms with E-state index in [4.69, 9.17) is 16.3 Å². The molecule has 10 heteroatoms. The van der Waals surface area contributed by atoms with Crippen molar-refractivity contribution in [3.8, 4) is 0 Å². The van der Waals surface area contributed by atoms with Gasteiger partial charge in [0.05, 0.1) is 25.3 Å². The van der Waals surface area contributed by atoms with Crippen molar-refractivity contribution in [3.05, 3.63) is 81.9 Å². The quantitative estimate of drug-likeness (QED) is 0.570. The molecule has 2 aliphatic heterocycles. The van der Waals surface area contributed by atoms with E-state index in [2.05, 4.69) is 10.3 Å². The molecular weight excluding hydrogens is 461 g/mol. The summed E-state index contributed by atoms with van der Waals surface area (Å²) in [6.07, 6.45) is 0.0174. The number of ether oxygens (including phenoxy) is 1. The maximum Gasteiger partial charge on any atom is 0.276 e. The number of carbonyl (C=O) groups excluding carboxylic acids is 2. The standard InChI is InChI=1S/C24H23ClFN5O3/c25-18-5-3-17(4-6-18)21-14-31-20(15-34-21)23(27-28-31)24(33)30-11-9-29(10-12-30)22(32)13-16-1-7-19(26)8-2-16/h1-8,21H,9-15H2/t21-/m0/s1. The molecule has 3 heterocycles. The molecule has 0 radical (unpaired) electrons. The third-order valence-electron chi connectivity index (χ3n) is 6.23. The SMILES string of the molecule is O=C(Cc1ccc(F)cc1)N1CCN(C(=O)c2nnn3c2CO[C@H](c2ccc(Cl)cc2)C3)CC1. The number of piperazine rings is 1. The van der Waals surface area contributed by atoms with Gasteiger partial charge < -0.3 is 14.5 Å². The highest BCUT2D eigenvalue weighted by Crippen LogP contribution is 2.28. The van der Waals surface area contributed by atoms with Crippen molar-refractivity contribution >= 4 is 23.4 Å². The lowest BCUT2D eigenvalue weighted by molar-refractivity contribution is -0.131. The predicted octanol–water partition coefficient (Wildman–Crippen LogP) is 2.87. The molecule has 0 N–H and O–H groups in total. The van der Waals surface area contributed by atoms with Gasteiger partial charge in [0, 0.05) is 31.2 Å². The zero-order valence-corrected chi connectivity index (χ0v) is 19.1. The van der Waals surface area contributed by atoms with Crippen LogP contribution in [0.1, 0.15) is 33.4 Å². The molecule has 0 unspecified atom stereocenters. The lowest BCUT2D eigenvalue weighted by Gasteiger charge is -2.34. The molecule has 1 atom stereocenters. The molecule has 1 aromatic heterocycles. The van der Waals surface area contributed by atoms with Gasteiger partial charge in [-0.2, -0.15) is 0 Å². The van der Waals surface area contributed by atoms with Gasteiger partial charge in [0.25, 0.3) is 5.91 Å². The van der Waals surface area contributed by atoms with Gasteiger partial charge in [0.15, 0.2) is 5.69 Å². The molecule has 2 aliphatic rings. The molecule has 176 valence electrons. The normalized spacial score (nSPS) is 18.0. The Hall–Kier alpha value is -3.30. The molecule has 0 aliphatic carbocycles. The molecular formula is C24H23ClFN5O3. The minimum Gasteiger partial charge on any atom is -0.365 e. The van der Waals surface area contributed by atoms with Crippen LogP contribution in [0, 0.1) is 5.82 Å². The summed E-state index contributed by atoms with van der Waals surface area (Å²) in [7, 11) is 0. The second-order valence-electron chi connectivity index (χ2n) is 8.39. The second kappa shape index (κ2) is 9.52. The Morgan fingerprint density at radius 2 is 1.68 bits per heavy atom. The Morgan fingerprint density at radius 1 is 1.00 bits per heavy atom. The van der Waals surface area contributed by atoms with Crippen molar-refractivity contribution in [1.82, 2.24) is 24.8 Å². The largest absolute Gasteiger partial charge is 0.365 e. The maximum atomic E-state index is 13.1. The van der Waals surface area contributed by atoms with Crippen LogP contribution in [0.2, 0.25) is 5.02 Å². The average molecular weight is 484 g/mol. The van der Waals surface area contributed by atoms with E-state index < -0.39 is 0 Å². The number of benzene rings is 2. The summed E-state index contributed by atoms with van der Waals surface area (Å²) in [6, 6.07) is 13.4. The summed E-state index contributed by atoms with van der Waals surface area (Å²) >= 11 is 5.97. The number of hydrogen-bond donors (Lipinski definition) is 0. The van der Waals surface area contributed by atoms with Gasteiger partial charge in [-0.1, -0.05) is 41.1 Å². The first kappa shape index (κ1) is 22.5. The van der Waals surface area contributed by atoms with Crippen LogP contribution in [0.15, 0.2) is 48.5 Å². The fourth-order valence-electron chi connectivity index (χ4n) is 4.25. The summed E-state index contributed by atoms with van der Waals surface area (Å²) in [5.74, 6) is -0.577. The lowest BCUT2D eigenvalue weighted by atomic mass is 10.1. The van der Waals surface area contributed by atoms with Crippen LogP contribution in [0.25, 0.3) is 0 Å². The number of nitrogens with zero attached hydrogens (tertiary/aromatic N) is 5. The van der Waals surface area contributed by atoms with Crippen molar-refractivity contribution in [2.75, 3.05) is 26.2 Å². The number of fused-ring (bicyclic) bond motifs is 1. The molecule has 2 aromatic carbocycles. The van der Waals surface area contributed by atoms with E-state index in [0.717, 1.165) is 11.1 Å². The Balaban J connectivity index is 1.18. The van der Waals surface area contributed by atoms with Crippen molar-refractivity contribution in [1.29, 1.82) is 0 Å². The molecule has 34 heavy (non-hydrogen) atoms. The van der Waals surface area contributed by atoms with E-state index in [1.54, 1.807) is 26.6 Å². The number of hydrogen-bond acceptors (Lipinski definition) is 5. The van der Waals surface area contributed by atoms with Gasteiger partial charge in [-0.15, -0.1) is 5.10 Å². The van der Waals surface area contributed by atoms with Crippen molar-refractivity contribution in [2.45, 2.75) is 25.7 Å². The van der Waals surface area contributed by atoms with Crippen LogP contribution in [0.4, 0.5) is 4.39 Å². The first-order chi connectivity index (χ1) is 16.5. The predicted molar refractivity (Wildman–Crippen MR) is 122 cm³/mol. The fraction of sp³-hybridized carbons (Fsp3) is 0.333. The van der Waals surface area contributed by atoms with Crippen LogP contribution in [-0.4, -0.2) is 62.8 Å². The topological polar surface area (TPSA) is 80.6 Å². The lowest BCUT2D eigenvalue weighted by Crippen LogP contribution is -2.51. The van der Waals surface area contributed by atoms with Crippen molar-refractivity contribution in [2.24, 2.45) is 0 Å².